The topological polar surface area (TPSA) is 71.5 Å². The molecule has 0 spiro atoms. The molecule has 7 nitrogen and oxygen atoms in total. The minimum atomic E-state index is -0.143. The van der Waals surface area contributed by atoms with Crippen molar-refractivity contribution in [2.45, 2.75) is 13.3 Å². The Morgan fingerprint density at radius 3 is 2.64 bits per heavy atom. The fraction of sp³-hybridized carbons (Fsp3) is 0.412. The second-order valence-corrected chi connectivity index (χ2v) is 8.36. The lowest BCUT2D eigenvalue weighted by Gasteiger charge is -2.20. The van der Waals surface area contributed by atoms with Crippen LogP contribution >= 0.6 is 46.9 Å². The highest BCUT2D eigenvalue weighted by Gasteiger charge is 2.25. The van der Waals surface area contributed by atoms with E-state index in [-0.39, 0.29) is 18.3 Å². The summed E-state index contributed by atoms with van der Waals surface area (Å²) in [6.45, 7) is 3.18. The second-order valence-electron chi connectivity index (χ2n) is 6.22. The molecule has 28 heavy (non-hydrogen) atoms. The molecule has 0 aliphatic rings. The number of aryl methyl sites for hydroxylation is 1. The molecular weight excluding hydrogens is 441 g/mol. The molecule has 3 aromatic rings. The fourth-order valence-corrected chi connectivity index (χ4v) is 4.49. The summed E-state index contributed by atoms with van der Waals surface area (Å²) in [5.41, 5.74) is 1.29. The number of hydrogen-bond donors (Lipinski definition) is 0. The number of hydrogen-bond acceptors (Lipinski definition) is 8. The molecule has 0 saturated heterocycles. The van der Waals surface area contributed by atoms with Crippen LogP contribution in [0.1, 0.15) is 21.8 Å². The molecule has 2 heterocycles. The highest BCUT2D eigenvalue weighted by molar-refractivity contribution is 7.23. The van der Waals surface area contributed by atoms with E-state index in [9.17, 15) is 4.79 Å². The van der Waals surface area contributed by atoms with Crippen molar-refractivity contribution >= 4 is 68.1 Å². The Hall–Kier alpha value is -1.52. The number of amides is 1. The molecule has 0 aliphatic carbocycles. The fourth-order valence-electron chi connectivity index (χ4n) is 2.60. The van der Waals surface area contributed by atoms with Crippen molar-refractivity contribution in [1.82, 2.24) is 19.5 Å². The van der Waals surface area contributed by atoms with E-state index in [4.69, 9.17) is 16.3 Å². The normalized spacial score (nSPS) is 10.9. The second kappa shape index (κ2) is 9.80. The largest absolute Gasteiger partial charge is 0.494 e. The maximum Gasteiger partial charge on any atom is 0.273 e. The first-order valence-electron chi connectivity index (χ1n) is 8.31. The smallest absolute Gasteiger partial charge is 0.273 e. The number of aromatic nitrogens is 3. The summed E-state index contributed by atoms with van der Waals surface area (Å²) in [6.07, 6.45) is 0.810. The van der Waals surface area contributed by atoms with Crippen molar-refractivity contribution in [2.24, 2.45) is 0 Å². The molecule has 1 aromatic carbocycles. The highest BCUT2D eigenvalue weighted by Crippen LogP contribution is 2.39. The maximum absolute atomic E-state index is 13.2. The third-order valence-corrected chi connectivity index (χ3v) is 6.33. The van der Waals surface area contributed by atoms with Crippen molar-refractivity contribution in [3.8, 4) is 5.75 Å². The van der Waals surface area contributed by atoms with Crippen molar-refractivity contribution in [3.63, 3.8) is 0 Å². The Labute approximate surface area is 182 Å². The van der Waals surface area contributed by atoms with Gasteiger partial charge in [-0.25, -0.2) is 4.98 Å². The third kappa shape index (κ3) is 4.72. The van der Waals surface area contributed by atoms with Gasteiger partial charge in [-0.3, -0.25) is 9.69 Å². The minimum Gasteiger partial charge on any atom is -0.494 e. The van der Waals surface area contributed by atoms with Gasteiger partial charge in [-0.2, -0.15) is 0 Å². The number of benzene rings is 1. The number of ether oxygens (including phenoxy) is 1. The van der Waals surface area contributed by atoms with Gasteiger partial charge in [0.15, 0.2) is 5.13 Å². The van der Waals surface area contributed by atoms with Crippen LogP contribution < -0.4 is 9.64 Å². The minimum absolute atomic E-state index is 0. The molecule has 0 fully saturated rings. The molecule has 0 bridgehead atoms. The number of fused-ring (bicyclic) bond motifs is 1. The van der Waals surface area contributed by atoms with Crippen LogP contribution in [0, 0.1) is 6.92 Å². The summed E-state index contributed by atoms with van der Waals surface area (Å²) in [4.78, 5) is 22.1. The number of thiazole rings is 1. The van der Waals surface area contributed by atoms with Crippen LogP contribution in [-0.4, -0.2) is 59.7 Å². The lowest BCUT2D eigenvalue weighted by molar-refractivity contribution is 0.0989. The lowest BCUT2D eigenvalue weighted by Crippen LogP contribution is -2.33. The Bertz CT molecular complexity index is 960. The van der Waals surface area contributed by atoms with E-state index in [0.29, 0.717) is 38.5 Å². The Kier molecular flexibility index (Phi) is 7.97. The van der Waals surface area contributed by atoms with Crippen LogP contribution in [0.15, 0.2) is 12.1 Å². The highest BCUT2D eigenvalue weighted by atomic mass is 35.5. The molecule has 0 N–H and O–H groups in total. The zero-order chi connectivity index (χ0) is 19.6. The van der Waals surface area contributed by atoms with E-state index in [1.54, 1.807) is 31.1 Å². The summed E-state index contributed by atoms with van der Waals surface area (Å²) in [6, 6.07) is 3.56. The number of carbonyl (C=O) groups is 1. The molecule has 0 radical (unpaired) electrons. The lowest BCUT2D eigenvalue weighted by atomic mass is 10.3. The number of methoxy groups -OCH3 is 1. The third-order valence-electron chi connectivity index (χ3n) is 3.98. The van der Waals surface area contributed by atoms with E-state index in [0.717, 1.165) is 29.2 Å². The molecule has 3 rings (SSSR count). The van der Waals surface area contributed by atoms with Crippen LogP contribution in [-0.2, 0) is 0 Å². The SMILES string of the molecule is COc1ccc(Cl)c2sc(N(CCCN(C)C)C(=O)c3snnc3C)nc12.Cl. The first-order valence-corrected chi connectivity index (χ1v) is 10.3. The van der Waals surface area contributed by atoms with Crippen molar-refractivity contribution in [2.75, 3.05) is 39.2 Å². The summed E-state index contributed by atoms with van der Waals surface area (Å²) < 4.78 is 10.1. The summed E-state index contributed by atoms with van der Waals surface area (Å²) >= 11 is 8.83. The van der Waals surface area contributed by atoms with E-state index < -0.39 is 0 Å². The first-order chi connectivity index (χ1) is 12.9. The molecule has 0 saturated carbocycles. The summed E-state index contributed by atoms with van der Waals surface area (Å²) in [7, 11) is 5.60. The summed E-state index contributed by atoms with van der Waals surface area (Å²) in [5, 5.41) is 5.14. The van der Waals surface area contributed by atoms with Crippen LogP contribution in [0.25, 0.3) is 10.2 Å². The van der Waals surface area contributed by atoms with E-state index in [2.05, 4.69) is 19.5 Å². The maximum atomic E-state index is 13.2. The Balaban J connectivity index is 0.00000280. The van der Waals surface area contributed by atoms with Crippen molar-refractivity contribution < 1.29 is 9.53 Å². The molecular formula is C17H21Cl2N5O2S2. The van der Waals surface area contributed by atoms with Gasteiger partial charge in [0.05, 0.1) is 22.5 Å². The average molecular weight is 462 g/mol. The standard InChI is InChI=1S/C17H20ClN5O2S2.ClH/c1-10-14(27-21-20-10)16(24)23(9-5-8-22(2)3)17-19-13-12(25-4)7-6-11(18)15(13)26-17;/h6-7H,5,8-9H2,1-4H3;1H. The van der Waals surface area contributed by atoms with E-state index in [1.165, 1.54) is 11.3 Å². The summed E-state index contributed by atoms with van der Waals surface area (Å²) in [5.74, 6) is 0.489. The molecule has 11 heteroatoms. The van der Waals surface area contributed by atoms with Crippen molar-refractivity contribution in [3.05, 3.63) is 27.7 Å². The van der Waals surface area contributed by atoms with Gasteiger partial charge in [0.1, 0.15) is 16.1 Å². The zero-order valence-corrected chi connectivity index (χ0v) is 19.1. The predicted octanol–water partition coefficient (Wildman–Crippen LogP) is 4.14. The van der Waals surface area contributed by atoms with Gasteiger partial charge >= 0.3 is 0 Å². The van der Waals surface area contributed by atoms with Crippen LogP contribution in [0.4, 0.5) is 5.13 Å². The monoisotopic (exact) mass is 461 g/mol. The number of anilines is 1. The van der Waals surface area contributed by atoms with E-state index in [1.807, 2.05) is 14.1 Å². The van der Waals surface area contributed by atoms with Gasteiger partial charge in [0.25, 0.3) is 5.91 Å². The van der Waals surface area contributed by atoms with Crippen LogP contribution in [0.3, 0.4) is 0 Å². The van der Waals surface area contributed by atoms with Crippen LogP contribution in [0.5, 0.6) is 5.75 Å². The Morgan fingerprint density at radius 2 is 2.04 bits per heavy atom. The Morgan fingerprint density at radius 1 is 1.29 bits per heavy atom. The molecule has 2 aromatic heterocycles. The first kappa shape index (κ1) is 22.8. The van der Waals surface area contributed by atoms with Gasteiger partial charge in [-0.05, 0) is 57.6 Å². The number of halogens is 2. The molecule has 0 aliphatic heterocycles. The van der Waals surface area contributed by atoms with Crippen LogP contribution in [0.2, 0.25) is 5.02 Å². The molecule has 152 valence electrons. The quantitative estimate of drug-likeness (QED) is 0.526. The van der Waals surface area contributed by atoms with Gasteiger partial charge < -0.3 is 9.64 Å². The number of carbonyl (C=O) groups excluding carboxylic acids is 1. The van der Waals surface area contributed by atoms with Gasteiger partial charge in [0, 0.05) is 6.54 Å². The molecule has 0 unspecified atom stereocenters. The molecule has 1 amide bonds. The number of nitrogens with zero attached hydrogens (tertiary/aromatic N) is 5. The predicted molar refractivity (Wildman–Crippen MR) is 118 cm³/mol. The van der Waals surface area contributed by atoms with Gasteiger partial charge in [-0.15, -0.1) is 17.5 Å². The van der Waals surface area contributed by atoms with E-state index >= 15 is 0 Å². The van der Waals surface area contributed by atoms with Gasteiger partial charge in [-0.1, -0.05) is 27.4 Å². The number of rotatable bonds is 7. The molecule has 0 atom stereocenters. The zero-order valence-electron chi connectivity index (χ0n) is 15.9. The van der Waals surface area contributed by atoms with Gasteiger partial charge in [0.2, 0.25) is 0 Å². The van der Waals surface area contributed by atoms with Crippen molar-refractivity contribution in [1.29, 1.82) is 0 Å². The average Bonchev–Trinajstić information content (AvgIpc) is 3.25.